The molecule has 8 heteroatoms. The molecule has 10 heavy (non-hydrogen) atoms. The molecule has 0 aromatic carbocycles. The quantitative estimate of drug-likeness (QED) is 0.263. The Bertz CT molecular complexity index is 261. The van der Waals surface area contributed by atoms with Crippen LogP contribution in [-0.4, -0.2) is 19.6 Å². The fraction of sp³-hybridized carbons (Fsp3) is 0. The van der Waals surface area contributed by atoms with E-state index in [-0.39, 0.29) is 0 Å². The molecule has 0 aromatic rings. The molecule has 56 valence electrons. The Kier molecular flexibility index (Phi) is 2.60. The zero-order valence-corrected chi connectivity index (χ0v) is 5.34. The minimum Gasteiger partial charge on any atom is -0.464 e. The Balaban J connectivity index is 3.97. The van der Waals surface area contributed by atoms with E-state index in [1.807, 2.05) is 0 Å². The molecule has 0 aromatic heterocycles. The van der Waals surface area contributed by atoms with Gasteiger partial charge in [0.15, 0.2) is 0 Å². The fourth-order valence-corrected chi connectivity index (χ4v) is 0.401. The van der Waals surface area contributed by atoms with Crippen LogP contribution in [0.25, 0.3) is 0 Å². The van der Waals surface area contributed by atoms with Crippen molar-refractivity contribution in [3.05, 3.63) is 0 Å². The van der Waals surface area contributed by atoms with E-state index in [9.17, 15) is 13.2 Å². The smallest absolute Gasteiger partial charge is 0.420 e. The highest BCUT2D eigenvalue weighted by Gasteiger charge is 2.06. The van der Waals surface area contributed by atoms with E-state index in [2.05, 4.69) is 0 Å². The van der Waals surface area contributed by atoms with E-state index >= 15 is 0 Å². The monoisotopic (exact) mass is 165 g/mol. The molecule has 0 bridgehead atoms. The molecular formula is C2H3N3O4S. The third kappa shape index (κ3) is 3.65. The number of amides is 1. The maximum Gasteiger partial charge on any atom is 0.420 e. The number of rotatable bonds is 2. The summed E-state index contributed by atoms with van der Waals surface area (Å²) in [6.07, 6.45) is -1.58. The van der Waals surface area contributed by atoms with Crippen LogP contribution in [0.4, 0.5) is 4.79 Å². The van der Waals surface area contributed by atoms with Crippen LogP contribution < -0.4 is 10.3 Å². The third-order valence-electron chi connectivity index (χ3n) is 0.413. The Morgan fingerprint density at radius 2 is 2.10 bits per heavy atom. The molecule has 1 amide bonds. The topological polar surface area (TPSA) is 119 Å². The van der Waals surface area contributed by atoms with E-state index < -0.39 is 16.1 Å². The van der Waals surface area contributed by atoms with Crippen LogP contribution in [0.5, 0.6) is 0 Å². The second-order valence-corrected chi connectivity index (χ2v) is 2.52. The van der Waals surface area contributed by atoms with E-state index in [0.717, 1.165) is 5.40 Å². The van der Waals surface area contributed by atoms with Crippen molar-refractivity contribution >= 4 is 16.1 Å². The van der Waals surface area contributed by atoms with Gasteiger partial charge in [0.25, 0.3) is 0 Å². The van der Waals surface area contributed by atoms with Gasteiger partial charge in [0.1, 0.15) is 0 Å². The molecule has 0 saturated heterocycles. The van der Waals surface area contributed by atoms with Crippen LogP contribution in [0.2, 0.25) is 0 Å². The zero-order valence-electron chi connectivity index (χ0n) is 4.53. The lowest BCUT2D eigenvalue weighted by Gasteiger charge is -1.95. The molecule has 0 rings (SSSR count). The van der Waals surface area contributed by atoms with Crippen molar-refractivity contribution in [2.45, 2.75) is 0 Å². The summed E-state index contributed by atoms with van der Waals surface area (Å²) < 4.78 is 20.2. The van der Waals surface area contributed by atoms with Gasteiger partial charge in [-0.25, -0.2) is 10.2 Å². The number of hydrogen-bond donors (Lipinski definition) is 3. The molecular weight excluding hydrogens is 162 g/mol. The molecule has 0 saturated carbocycles. The molecule has 0 aliphatic rings. The van der Waals surface area contributed by atoms with Gasteiger partial charge in [-0.15, -0.1) is 4.83 Å². The first kappa shape index (κ1) is 8.67. The molecule has 0 heterocycles. The van der Waals surface area contributed by atoms with Gasteiger partial charge in [0.2, 0.25) is 5.40 Å². The number of nitrogens with zero attached hydrogens (tertiary/aromatic N) is 1. The van der Waals surface area contributed by atoms with Crippen LogP contribution in [0.15, 0.2) is 0 Å². The molecule has 3 N–H and O–H groups in total. The van der Waals surface area contributed by atoms with E-state index in [1.165, 1.54) is 10.3 Å². The van der Waals surface area contributed by atoms with Crippen molar-refractivity contribution < 1.29 is 18.3 Å². The number of nitrogens with one attached hydrogen (secondary N) is 2. The number of carboxylic acid groups (broad SMARTS) is 1. The first-order chi connectivity index (χ1) is 4.48. The first-order valence-corrected chi connectivity index (χ1v) is 3.38. The van der Waals surface area contributed by atoms with Crippen LogP contribution >= 0.6 is 0 Å². The average Bonchev–Trinajstić information content (AvgIpc) is 1.85. The van der Waals surface area contributed by atoms with Crippen molar-refractivity contribution in [3.63, 3.8) is 0 Å². The molecule has 0 unspecified atom stereocenters. The average molecular weight is 165 g/mol. The summed E-state index contributed by atoms with van der Waals surface area (Å²) in [7, 11) is -4.15. The van der Waals surface area contributed by atoms with Gasteiger partial charge in [-0.1, -0.05) is 0 Å². The van der Waals surface area contributed by atoms with Gasteiger partial charge < -0.3 is 5.11 Å². The molecule has 7 nitrogen and oxygen atoms in total. The van der Waals surface area contributed by atoms with Gasteiger partial charge >= 0.3 is 16.1 Å². The van der Waals surface area contributed by atoms with Crippen molar-refractivity contribution in [2.75, 3.05) is 0 Å². The highest BCUT2D eigenvalue weighted by atomic mass is 32.2. The van der Waals surface area contributed by atoms with Crippen molar-refractivity contribution in [1.82, 2.24) is 10.3 Å². The molecule has 0 radical (unpaired) electrons. The lowest BCUT2D eigenvalue weighted by molar-refractivity contribution is 0.192. The van der Waals surface area contributed by atoms with E-state index in [4.69, 9.17) is 10.4 Å². The predicted molar refractivity (Wildman–Crippen MR) is 28.8 cm³/mol. The van der Waals surface area contributed by atoms with Crippen molar-refractivity contribution in [2.24, 2.45) is 0 Å². The predicted octanol–water partition coefficient (Wildman–Crippen LogP) is -1.43. The van der Waals surface area contributed by atoms with Gasteiger partial charge in [-0.2, -0.15) is 13.7 Å². The second kappa shape index (κ2) is 3.00. The molecule has 0 spiro atoms. The summed E-state index contributed by atoms with van der Waals surface area (Å²) >= 11 is 0. The summed E-state index contributed by atoms with van der Waals surface area (Å²) in [5.41, 5.74) is 1.29. The van der Waals surface area contributed by atoms with Gasteiger partial charge in [0.05, 0.1) is 0 Å². The Morgan fingerprint density at radius 1 is 1.60 bits per heavy atom. The summed E-state index contributed by atoms with van der Waals surface area (Å²) in [4.78, 5) is 10.9. The summed E-state index contributed by atoms with van der Waals surface area (Å²) in [6, 6.07) is 0. The molecule has 0 aliphatic heterocycles. The highest BCUT2D eigenvalue weighted by Crippen LogP contribution is 1.72. The minimum absolute atomic E-state index is 0.832. The lowest BCUT2D eigenvalue weighted by atomic mass is 11.3. The van der Waals surface area contributed by atoms with Crippen LogP contribution in [0.1, 0.15) is 0 Å². The number of nitriles is 1. The maximum atomic E-state index is 10.1. The van der Waals surface area contributed by atoms with E-state index in [1.54, 1.807) is 0 Å². The number of carbonyl (C=O) groups is 1. The number of hydrogen-bond acceptors (Lipinski definition) is 4. The van der Waals surface area contributed by atoms with E-state index in [0.29, 0.717) is 0 Å². The van der Waals surface area contributed by atoms with Gasteiger partial charge in [0, 0.05) is 0 Å². The van der Waals surface area contributed by atoms with Crippen LogP contribution in [0.3, 0.4) is 0 Å². The third-order valence-corrected chi connectivity index (χ3v) is 1.02. The standard InChI is InChI=1S/C2H3N3O4S/c3-1-10(8,9)5-4-2(6)7/h4-5H,(H,6,7). The summed E-state index contributed by atoms with van der Waals surface area (Å²) in [5, 5.41) is 16.4. The Labute approximate surface area is 56.3 Å². The summed E-state index contributed by atoms with van der Waals surface area (Å²) in [5.74, 6) is 0. The van der Waals surface area contributed by atoms with Crippen LogP contribution in [-0.2, 0) is 10.0 Å². The molecule has 0 atom stereocenters. The zero-order chi connectivity index (χ0) is 8.20. The lowest BCUT2D eigenvalue weighted by Crippen LogP contribution is -2.39. The number of thiocyanates is 1. The normalized spacial score (nSPS) is 9.90. The maximum absolute atomic E-state index is 10.1. The van der Waals surface area contributed by atoms with Crippen molar-refractivity contribution in [3.8, 4) is 5.40 Å². The van der Waals surface area contributed by atoms with Gasteiger partial charge in [-0.3, -0.25) is 0 Å². The second-order valence-electron chi connectivity index (χ2n) is 1.13. The molecule has 0 fully saturated rings. The Hall–Kier alpha value is -1.33. The SMILES string of the molecule is N#CS(=O)(=O)NNC(=O)O. The van der Waals surface area contributed by atoms with Crippen LogP contribution in [0, 0.1) is 10.7 Å². The number of sulfonamides is 1. The van der Waals surface area contributed by atoms with Crippen molar-refractivity contribution in [1.29, 1.82) is 5.26 Å². The first-order valence-electron chi connectivity index (χ1n) is 1.89. The fourth-order valence-electron chi connectivity index (χ4n) is 0.134. The largest absolute Gasteiger partial charge is 0.464 e. The van der Waals surface area contributed by atoms with Gasteiger partial charge in [-0.05, 0) is 0 Å². The molecule has 0 aliphatic carbocycles. The Morgan fingerprint density at radius 3 is 2.40 bits per heavy atom. The minimum atomic E-state index is -4.15. The number of hydrazine groups is 1. The highest BCUT2D eigenvalue weighted by molar-refractivity contribution is 7.93. The summed E-state index contributed by atoms with van der Waals surface area (Å²) in [6.45, 7) is 0.